The molecule has 0 spiro atoms. The molecule has 0 atom stereocenters. The summed E-state index contributed by atoms with van der Waals surface area (Å²) in [6, 6.07) is 53.2. The Balaban J connectivity index is 1.14. The molecule has 336 valence electrons. The third-order valence-corrected chi connectivity index (χ3v) is 13.5. The zero-order valence-electron chi connectivity index (χ0n) is 40.1. The molecular formula is C61H59FN4O. The van der Waals surface area contributed by atoms with Crippen molar-refractivity contribution in [2.45, 2.75) is 86.0 Å². The zero-order chi connectivity index (χ0) is 46.7. The normalized spacial score (nSPS) is 12.7. The SMILES string of the molecule is Cc1ccc2c(c1)N(c1c(C(C)C)cc(-c3ccc(F)cc3)cc1C(C)C)CN2c1cc(Oc2ccc3c4ccccc4n(-c4ccccn4)c3c2)cc(-c2cc(C(C)C)cc(C(C)C)c2)c1. The van der Waals surface area contributed by atoms with Crippen molar-refractivity contribution < 1.29 is 9.13 Å². The van der Waals surface area contributed by atoms with Crippen LogP contribution < -0.4 is 14.5 Å². The number of benzene rings is 7. The van der Waals surface area contributed by atoms with E-state index < -0.39 is 0 Å². The highest BCUT2D eigenvalue weighted by atomic mass is 19.1. The molecule has 67 heavy (non-hydrogen) atoms. The highest BCUT2D eigenvalue weighted by molar-refractivity contribution is 6.09. The number of aryl methyl sites for hydroxylation is 1. The molecule has 0 saturated carbocycles. The molecule has 5 nitrogen and oxygen atoms in total. The monoisotopic (exact) mass is 882 g/mol. The summed E-state index contributed by atoms with van der Waals surface area (Å²) < 4.78 is 23.4. The Morgan fingerprint density at radius 2 is 1.16 bits per heavy atom. The molecule has 0 saturated heterocycles. The summed E-state index contributed by atoms with van der Waals surface area (Å²) in [7, 11) is 0. The zero-order valence-corrected chi connectivity index (χ0v) is 40.1. The van der Waals surface area contributed by atoms with Gasteiger partial charge in [-0.15, -0.1) is 0 Å². The van der Waals surface area contributed by atoms with E-state index in [9.17, 15) is 4.39 Å². The Bertz CT molecular complexity index is 3240. The van der Waals surface area contributed by atoms with Gasteiger partial charge < -0.3 is 14.5 Å². The van der Waals surface area contributed by atoms with Gasteiger partial charge in [0, 0.05) is 40.5 Å². The van der Waals surface area contributed by atoms with Crippen molar-refractivity contribution in [1.29, 1.82) is 0 Å². The minimum absolute atomic E-state index is 0.228. The molecule has 1 aliphatic heterocycles. The highest BCUT2D eigenvalue weighted by Crippen LogP contribution is 2.51. The Morgan fingerprint density at radius 3 is 1.84 bits per heavy atom. The summed E-state index contributed by atoms with van der Waals surface area (Å²) >= 11 is 0. The first-order valence-corrected chi connectivity index (χ1v) is 23.8. The van der Waals surface area contributed by atoms with Crippen LogP contribution in [0.2, 0.25) is 0 Å². The van der Waals surface area contributed by atoms with E-state index in [0.717, 1.165) is 61.8 Å². The lowest BCUT2D eigenvalue weighted by atomic mass is 9.87. The maximum Gasteiger partial charge on any atom is 0.137 e. The van der Waals surface area contributed by atoms with Crippen molar-refractivity contribution in [1.82, 2.24) is 9.55 Å². The lowest BCUT2D eigenvalue weighted by Gasteiger charge is -2.30. The number of hydrogen-bond acceptors (Lipinski definition) is 4. The Hall–Kier alpha value is -7.18. The van der Waals surface area contributed by atoms with E-state index in [1.165, 1.54) is 50.1 Å². The molecule has 10 rings (SSSR count). The van der Waals surface area contributed by atoms with Crippen LogP contribution in [0, 0.1) is 12.7 Å². The molecule has 7 aromatic carbocycles. The van der Waals surface area contributed by atoms with Crippen LogP contribution in [-0.4, -0.2) is 16.2 Å². The molecule has 0 N–H and O–H groups in total. The molecule has 0 amide bonds. The van der Waals surface area contributed by atoms with Gasteiger partial charge in [0.1, 0.15) is 29.8 Å². The van der Waals surface area contributed by atoms with Crippen LogP contribution in [0.5, 0.6) is 11.5 Å². The summed E-state index contributed by atoms with van der Waals surface area (Å²) in [6.45, 7) is 21.0. The van der Waals surface area contributed by atoms with E-state index in [1.807, 2.05) is 30.5 Å². The van der Waals surface area contributed by atoms with E-state index in [0.29, 0.717) is 18.5 Å². The van der Waals surface area contributed by atoms with Crippen LogP contribution in [0.3, 0.4) is 0 Å². The molecule has 0 bridgehead atoms. The molecule has 0 radical (unpaired) electrons. The van der Waals surface area contributed by atoms with Gasteiger partial charge in [-0.3, -0.25) is 4.57 Å². The van der Waals surface area contributed by atoms with Crippen molar-refractivity contribution in [3.8, 4) is 39.6 Å². The molecule has 3 heterocycles. The second-order valence-corrected chi connectivity index (χ2v) is 19.5. The number of anilines is 4. The molecule has 1 aliphatic rings. The van der Waals surface area contributed by atoms with E-state index in [1.54, 1.807) is 12.1 Å². The van der Waals surface area contributed by atoms with E-state index >= 15 is 0 Å². The number of aromatic nitrogens is 2. The van der Waals surface area contributed by atoms with Crippen LogP contribution in [-0.2, 0) is 0 Å². The van der Waals surface area contributed by atoms with Crippen molar-refractivity contribution in [2.24, 2.45) is 0 Å². The molecule has 0 fully saturated rings. The first-order valence-electron chi connectivity index (χ1n) is 23.8. The second kappa shape index (κ2) is 17.6. The molecule has 6 heteroatoms. The summed E-state index contributed by atoms with van der Waals surface area (Å²) in [5, 5.41) is 2.31. The Morgan fingerprint density at radius 1 is 0.507 bits per heavy atom. The van der Waals surface area contributed by atoms with Crippen LogP contribution in [0.15, 0.2) is 158 Å². The largest absolute Gasteiger partial charge is 0.457 e. The summed E-state index contributed by atoms with van der Waals surface area (Å²) in [4.78, 5) is 9.75. The van der Waals surface area contributed by atoms with Crippen LogP contribution in [0.4, 0.5) is 27.1 Å². The van der Waals surface area contributed by atoms with Gasteiger partial charge in [-0.2, -0.15) is 0 Å². The van der Waals surface area contributed by atoms with E-state index in [4.69, 9.17) is 9.72 Å². The number of halogens is 1. The number of rotatable bonds is 11. The van der Waals surface area contributed by atoms with Crippen molar-refractivity contribution in [3.63, 3.8) is 0 Å². The van der Waals surface area contributed by atoms with Crippen LogP contribution in [0.1, 0.15) is 107 Å². The van der Waals surface area contributed by atoms with Gasteiger partial charge >= 0.3 is 0 Å². The number of para-hydroxylation sites is 1. The third kappa shape index (κ3) is 8.24. The van der Waals surface area contributed by atoms with Gasteiger partial charge in [0.25, 0.3) is 0 Å². The van der Waals surface area contributed by atoms with E-state index in [2.05, 4.69) is 192 Å². The fraction of sp³-hybridized carbons (Fsp3) is 0.230. The summed E-state index contributed by atoms with van der Waals surface area (Å²) in [6.07, 6.45) is 1.84. The fourth-order valence-electron chi connectivity index (χ4n) is 9.82. The first-order chi connectivity index (χ1) is 32.3. The smallest absolute Gasteiger partial charge is 0.137 e. The lowest BCUT2D eigenvalue weighted by Crippen LogP contribution is -2.26. The molecule has 9 aromatic rings. The average Bonchev–Trinajstić information content (AvgIpc) is 3.86. The lowest BCUT2D eigenvalue weighted by molar-refractivity contribution is 0.483. The number of nitrogens with zero attached hydrogens (tertiary/aromatic N) is 4. The van der Waals surface area contributed by atoms with Crippen LogP contribution >= 0.6 is 0 Å². The predicted molar refractivity (Wildman–Crippen MR) is 279 cm³/mol. The van der Waals surface area contributed by atoms with Gasteiger partial charge in [-0.1, -0.05) is 116 Å². The summed E-state index contributed by atoms with van der Waals surface area (Å²) in [5.41, 5.74) is 17.5. The van der Waals surface area contributed by atoms with Crippen molar-refractivity contribution in [2.75, 3.05) is 16.5 Å². The minimum Gasteiger partial charge on any atom is -0.457 e. The molecular weight excluding hydrogens is 824 g/mol. The molecule has 0 unspecified atom stereocenters. The van der Waals surface area contributed by atoms with Crippen molar-refractivity contribution >= 4 is 44.6 Å². The number of pyridine rings is 1. The Kier molecular flexibility index (Phi) is 11.5. The summed E-state index contributed by atoms with van der Waals surface area (Å²) in [5.74, 6) is 3.35. The standard InChI is InChI=1S/C61H59FN4O/c1-37(2)43-27-44(38(3)4)29-45(28-43)46-30-49(34-51(31-46)67-50-22-23-53-52-14-10-11-15-56(52)66(58(53)35-50)60-16-12-13-25-63-60)64-36-65(59-26-41(9)17-24-57(59)64)61-54(39(5)6)32-47(33-55(61)40(7)8)42-18-20-48(62)21-19-42/h10-35,37-40H,36H2,1-9H3. The van der Waals surface area contributed by atoms with Gasteiger partial charge in [0.05, 0.1) is 22.4 Å². The topological polar surface area (TPSA) is 33.5 Å². The number of hydrogen-bond donors (Lipinski definition) is 0. The predicted octanol–water partition coefficient (Wildman–Crippen LogP) is 17.5. The quantitative estimate of drug-likeness (QED) is 0.130. The fourth-order valence-corrected chi connectivity index (χ4v) is 9.82. The molecule has 2 aromatic heterocycles. The second-order valence-electron chi connectivity index (χ2n) is 19.5. The van der Waals surface area contributed by atoms with Gasteiger partial charge in [-0.05, 0) is 160 Å². The van der Waals surface area contributed by atoms with Gasteiger partial charge in [-0.25, -0.2) is 9.37 Å². The van der Waals surface area contributed by atoms with Crippen molar-refractivity contribution in [3.05, 3.63) is 191 Å². The first kappa shape index (κ1) is 43.7. The molecule has 0 aliphatic carbocycles. The highest BCUT2D eigenvalue weighted by Gasteiger charge is 2.33. The maximum absolute atomic E-state index is 14.1. The number of ether oxygens (including phenoxy) is 1. The Labute approximate surface area is 395 Å². The van der Waals surface area contributed by atoms with E-state index in [-0.39, 0.29) is 17.7 Å². The van der Waals surface area contributed by atoms with Gasteiger partial charge in [0.2, 0.25) is 0 Å². The van der Waals surface area contributed by atoms with Crippen LogP contribution in [0.25, 0.3) is 49.9 Å². The average molecular weight is 883 g/mol. The van der Waals surface area contributed by atoms with Gasteiger partial charge in [0.15, 0.2) is 0 Å². The number of fused-ring (bicyclic) bond motifs is 4. The maximum atomic E-state index is 14.1. The third-order valence-electron chi connectivity index (χ3n) is 13.5. The minimum atomic E-state index is -0.228.